The summed E-state index contributed by atoms with van der Waals surface area (Å²) in [6.45, 7) is 6.41. The van der Waals surface area contributed by atoms with Crippen molar-refractivity contribution in [3.63, 3.8) is 0 Å². The molecule has 128 valence electrons. The van der Waals surface area contributed by atoms with E-state index in [2.05, 4.69) is 28.7 Å². The molecule has 0 aliphatic carbocycles. The van der Waals surface area contributed by atoms with Gasteiger partial charge in [-0.2, -0.15) is 0 Å². The molecule has 7 nitrogen and oxygen atoms in total. The molecule has 3 heterocycles. The molecule has 2 aromatic rings. The van der Waals surface area contributed by atoms with Gasteiger partial charge in [-0.15, -0.1) is 0 Å². The van der Waals surface area contributed by atoms with Crippen LogP contribution in [0.1, 0.15) is 20.3 Å². The van der Waals surface area contributed by atoms with Crippen LogP contribution in [0.2, 0.25) is 0 Å². The molecule has 24 heavy (non-hydrogen) atoms. The molecule has 3 rings (SSSR count). The fourth-order valence-electron chi connectivity index (χ4n) is 3.02. The molecular weight excluding hydrogens is 306 g/mol. The van der Waals surface area contributed by atoms with Gasteiger partial charge in [-0.1, -0.05) is 13.8 Å². The maximum absolute atomic E-state index is 12.4. The van der Waals surface area contributed by atoms with Gasteiger partial charge in [0.1, 0.15) is 6.33 Å². The van der Waals surface area contributed by atoms with Crippen molar-refractivity contribution in [1.29, 1.82) is 0 Å². The molecule has 1 atom stereocenters. The number of aromatic nitrogens is 4. The number of morpholine rings is 1. The van der Waals surface area contributed by atoms with E-state index in [9.17, 15) is 4.79 Å². The standard InChI is InChI=1S/C17H23N5O2/c1-12(2)8-13-10-24-7-6-22(13)17-20-15(9-16(23)21(17)3)14-4-5-18-11-19-14/h4-5,9,11-13H,6-8,10H2,1-3H3. The third kappa shape index (κ3) is 3.46. The Hall–Kier alpha value is -2.28. The predicted octanol–water partition coefficient (Wildman–Crippen LogP) is 1.49. The Morgan fingerprint density at radius 2 is 2.21 bits per heavy atom. The molecule has 1 aliphatic rings. The van der Waals surface area contributed by atoms with E-state index in [1.54, 1.807) is 23.9 Å². The lowest BCUT2D eigenvalue weighted by Crippen LogP contribution is -2.48. The van der Waals surface area contributed by atoms with Gasteiger partial charge >= 0.3 is 0 Å². The van der Waals surface area contributed by atoms with Crippen molar-refractivity contribution in [2.45, 2.75) is 26.3 Å². The van der Waals surface area contributed by atoms with Crippen LogP contribution in [-0.4, -0.2) is 45.3 Å². The highest BCUT2D eigenvalue weighted by Crippen LogP contribution is 2.23. The van der Waals surface area contributed by atoms with Gasteiger partial charge in [0.05, 0.1) is 30.6 Å². The van der Waals surface area contributed by atoms with Crippen LogP contribution in [0, 0.1) is 5.92 Å². The van der Waals surface area contributed by atoms with Crippen molar-refractivity contribution in [3.05, 3.63) is 35.0 Å². The second kappa shape index (κ2) is 7.09. The molecule has 1 saturated heterocycles. The molecule has 0 bridgehead atoms. The molecule has 0 aromatic carbocycles. The molecule has 0 saturated carbocycles. The molecule has 1 unspecified atom stereocenters. The molecule has 1 aliphatic heterocycles. The maximum Gasteiger partial charge on any atom is 0.255 e. The Labute approximate surface area is 141 Å². The Morgan fingerprint density at radius 1 is 1.38 bits per heavy atom. The first-order valence-electron chi connectivity index (χ1n) is 8.25. The van der Waals surface area contributed by atoms with E-state index in [0.29, 0.717) is 36.5 Å². The highest BCUT2D eigenvalue weighted by molar-refractivity contribution is 5.55. The molecular formula is C17H23N5O2. The number of hydrogen-bond acceptors (Lipinski definition) is 6. The normalized spacial score (nSPS) is 18.2. The van der Waals surface area contributed by atoms with Gasteiger partial charge in [0.2, 0.25) is 5.95 Å². The summed E-state index contributed by atoms with van der Waals surface area (Å²) in [7, 11) is 1.76. The molecule has 0 spiro atoms. The largest absolute Gasteiger partial charge is 0.377 e. The van der Waals surface area contributed by atoms with Crippen LogP contribution in [0.15, 0.2) is 29.5 Å². The van der Waals surface area contributed by atoms with Gasteiger partial charge < -0.3 is 9.64 Å². The third-order valence-corrected chi connectivity index (χ3v) is 4.18. The zero-order valence-corrected chi connectivity index (χ0v) is 14.3. The fourth-order valence-corrected chi connectivity index (χ4v) is 3.02. The van der Waals surface area contributed by atoms with Crippen molar-refractivity contribution in [3.8, 4) is 11.4 Å². The van der Waals surface area contributed by atoms with E-state index in [1.165, 1.54) is 12.4 Å². The fraction of sp³-hybridized carbons (Fsp3) is 0.529. The zero-order valence-electron chi connectivity index (χ0n) is 14.3. The van der Waals surface area contributed by atoms with Crippen molar-refractivity contribution in [1.82, 2.24) is 19.5 Å². The van der Waals surface area contributed by atoms with Crippen LogP contribution in [0.5, 0.6) is 0 Å². The number of nitrogens with zero attached hydrogens (tertiary/aromatic N) is 5. The van der Waals surface area contributed by atoms with Gasteiger partial charge in [0, 0.05) is 25.9 Å². The molecule has 0 radical (unpaired) electrons. The summed E-state index contributed by atoms with van der Waals surface area (Å²) in [6.07, 6.45) is 4.11. The summed E-state index contributed by atoms with van der Waals surface area (Å²) in [6, 6.07) is 3.50. The van der Waals surface area contributed by atoms with Crippen LogP contribution < -0.4 is 10.5 Å². The lowest BCUT2D eigenvalue weighted by Gasteiger charge is -2.38. The number of hydrogen-bond donors (Lipinski definition) is 0. The van der Waals surface area contributed by atoms with Crippen LogP contribution >= 0.6 is 0 Å². The minimum absolute atomic E-state index is 0.0941. The second-order valence-electron chi connectivity index (χ2n) is 6.48. The summed E-state index contributed by atoms with van der Waals surface area (Å²) in [5, 5.41) is 0. The molecule has 2 aromatic heterocycles. The monoisotopic (exact) mass is 329 g/mol. The smallest absolute Gasteiger partial charge is 0.255 e. The minimum atomic E-state index is -0.0941. The van der Waals surface area contributed by atoms with Crippen molar-refractivity contribution >= 4 is 5.95 Å². The highest BCUT2D eigenvalue weighted by Gasteiger charge is 2.27. The quantitative estimate of drug-likeness (QED) is 0.846. The molecule has 7 heteroatoms. The van der Waals surface area contributed by atoms with Crippen LogP contribution in [-0.2, 0) is 11.8 Å². The molecule has 0 amide bonds. The predicted molar refractivity (Wildman–Crippen MR) is 91.9 cm³/mol. The highest BCUT2D eigenvalue weighted by atomic mass is 16.5. The lowest BCUT2D eigenvalue weighted by molar-refractivity contribution is 0.0864. The molecule has 1 fully saturated rings. The van der Waals surface area contributed by atoms with Gasteiger partial charge in [-0.05, 0) is 18.4 Å². The Morgan fingerprint density at radius 3 is 2.92 bits per heavy atom. The van der Waals surface area contributed by atoms with E-state index < -0.39 is 0 Å². The van der Waals surface area contributed by atoms with Crippen LogP contribution in [0.25, 0.3) is 11.4 Å². The first kappa shape index (κ1) is 16.6. The third-order valence-electron chi connectivity index (χ3n) is 4.18. The van der Waals surface area contributed by atoms with Gasteiger partial charge in [-0.3, -0.25) is 9.36 Å². The summed E-state index contributed by atoms with van der Waals surface area (Å²) in [5.41, 5.74) is 1.13. The summed E-state index contributed by atoms with van der Waals surface area (Å²) < 4.78 is 7.24. The first-order chi connectivity index (χ1) is 11.6. The topological polar surface area (TPSA) is 73.1 Å². The Balaban J connectivity index is 2.02. The van der Waals surface area contributed by atoms with Crippen molar-refractivity contribution in [2.75, 3.05) is 24.7 Å². The molecule has 0 N–H and O–H groups in total. The lowest BCUT2D eigenvalue weighted by atomic mass is 10.0. The van der Waals surface area contributed by atoms with E-state index in [4.69, 9.17) is 9.72 Å². The van der Waals surface area contributed by atoms with E-state index in [-0.39, 0.29) is 11.6 Å². The average Bonchev–Trinajstić information content (AvgIpc) is 2.58. The first-order valence-corrected chi connectivity index (χ1v) is 8.25. The van der Waals surface area contributed by atoms with Crippen molar-refractivity contribution < 1.29 is 4.74 Å². The SMILES string of the molecule is CC(C)CC1COCCN1c1nc(-c2ccncn2)cc(=O)n1C. The zero-order chi connectivity index (χ0) is 17.1. The maximum atomic E-state index is 12.4. The summed E-state index contributed by atoms with van der Waals surface area (Å²) in [4.78, 5) is 27.5. The van der Waals surface area contributed by atoms with Crippen molar-refractivity contribution in [2.24, 2.45) is 13.0 Å². The van der Waals surface area contributed by atoms with Gasteiger partial charge in [-0.25, -0.2) is 15.0 Å². The van der Waals surface area contributed by atoms with Crippen LogP contribution in [0.3, 0.4) is 0 Å². The summed E-state index contributed by atoms with van der Waals surface area (Å²) in [5.74, 6) is 1.21. The Kier molecular flexibility index (Phi) is 4.89. The Bertz CT molecular complexity index is 744. The van der Waals surface area contributed by atoms with E-state index in [0.717, 1.165) is 13.0 Å². The van der Waals surface area contributed by atoms with Crippen LogP contribution in [0.4, 0.5) is 5.95 Å². The average molecular weight is 329 g/mol. The number of ether oxygens (including phenoxy) is 1. The second-order valence-corrected chi connectivity index (χ2v) is 6.48. The number of rotatable bonds is 4. The van der Waals surface area contributed by atoms with Gasteiger partial charge in [0.15, 0.2) is 0 Å². The van der Waals surface area contributed by atoms with E-state index >= 15 is 0 Å². The number of anilines is 1. The minimum Gasteiger partial charge on any atom is -0.377 e. The van der Waals surface area contributed by atoms with Gasteiger partial charge in [0.25, 0.3) is 5.56 Å². The summed E-state index contributed by atoms with van der Waals surface area (Å²) >= 11 is 0. The van der Waals surface area contributed by atoms with E-state index in [1.807, 2.05) is 0 Å².